The van der Waals surface area contributed by atoms with Crippen LogP contribution in [0.15, 0.2) is 11.6 Å². The molecule has 0 bridgehead atoms. The topological polar surface area (TPSA) is 189 Å². The van der Waals surface area contributed by atoms with E-state index in [4.69, 9.17) is 42.6 Å². The van der Waals surface area contributed by atoms with Gasteiger partial charge in [0.25, 0.3) is 0 Å². The minimum atomic E-state index is -1.87. The summed E-state index contributed by atoms with van der Waals surface area (Å²) in [6.45, 7) is 21.0. The van der Waals surface area contributed by atoms with Crippen LogP contribution < -0.4 is 0 Å². The number of rotatable bonds is 7. The molecule has 5 aliphatic carbocycles. The standard InChI is InChI=1S/C45H64O15/c1-21-33-27(59-45(51)36(21)60-40(9,10)38(45)57-26(6)50)17-41(11)30-14-13-29-39(7,8)31(15-16-43(29)20-44(30,43)18-32(42(33,41)12)54-23(3)47)58-37-35(56-25(5)49)34(55-24(4)48)28(19-52-37)53-22(2)46/h14,21,27-29,31-38,51H,13,15-20H2,1-12H3/t21-,27-,28+,29?,31-,32+,33-,34-,35+,36+,37-,38+,41-,42+,43+,44-,45-/m0/s1. The lowest BCUT2D eigenvalue weighted by molar-refractivity contribution is -0.330. The Hall–Kier alpha value is -3.11. The molecule has 8 rings (SSSR count). The van der Waals surface area contributed by atoms with Crippen molar-refractivity contribution in [2.75, 3.05) is 6.61 Å². The average Bonchev–Trinajstić information content (AvgIpc) is 3.63. The van der Waals surface area contributed by atoms with Crippen molar-refractivity contribution in [3.05, 3.63) is 11.6 Å². The molecular formula is C45H64O15. The predicted molar refractivity (Wildman–Crippen MR) is 208 cm³/mol. The molecule has 0 radical (unpaired) electrons. The lowest BCUT2D eigenvalue weighted by Crippen LogP contribution is -2.65. The van der Waals surface area contributed by atoms with Crippen molar-refractivity contribution in [3.63, 3.8) is 0 Å². The van der Waals surface area contributed by atoms with Crippen LogP contribution in [0, 0.1) is 44.8 Å². The second kappa shape index (κ2) is 13.9. The van der Waals surface area contributed by atoms with Gasteiger partial charge in [0, 0.05) is 56.8 Å². The number of esters is 5. The smallest absolute Gasteiger partial charge is 0.303 e. The number of hydrogen-bond donors (Lipinski definition) is 1. The van der Waals surface area contributed by atoms with E-state index in [9.17, 15) is 29.1 Å². The number of aliphatic hydroxyl groups is 1. The van der Waals surface area contributed by atoms with Gasteiger partial charge in [0.05, 0.1) is 18.8 Å². The first-order valence-corrected chi connectivity index (χ1v) is 21.7. The molecule has 4 saturated carbocycles. The molecule has 8 aliphatic rings. The van der Waals surface area contributed by atoms with Crippen molar-refractivity contribution < 1.29 is 71.7 Å². The molecule has 0 aromatic carbocycles. The second-order valence-electron chi connectivity index (χ2n) is 20.8. The highest BCUT2D eigenvalue weighted by Gasteiger charge is 2.85. The molecule has 3 aliphatic heterocycles. The van der Waals surface area contributed by atoms with Gasteiger partial charge in [-0.15, -0.1) is 0 Å². The quantitative estimate of drug-likeness (QED) is 0.208. The zero-order chi connectivity index (χ0) is 43.9. The van der Waals surface area contributed by atoms with Crippen LogP contribution >= 0.6 is 0 Å². The number of carbonyl (C=O) groups is 5. The maximum absolute atomic E-state index is 13.1. The molecule has 15 nitrogen and oxygen atoms in total. The average molecular weight is 845 g/mol. The summed E-state index contributed by atoms with van der Waals surface area (Å²) in [5, 5.41) is 12.4. The van der Waals surface area contributed by atoms with Crippen LogP contribution in [0.3, 0.4) is 0 Å². The number of ether oxygens (including phenoxy) is 9. The SMILES string of the molecule is CC(=O)O[C@@H]1[C@@H](OC(C)=O)[C@H](O[C@H]2CC[C@]34C[C@]35C[C@@H](OC(C)=O)[C@]3(C)[C@H]6[C@H](C)[C@H]7OC(C)(C)[C@@H](OC(C)=O)[C@@]7(O)O[C@H]6C[C@@]3(C)C5=CCC4C2(C)C)OC[C@H]1OC(C)=O. The Morgan fingerprint density at radius 3 is 2.00 bits per heavy atom. The van der Waals surface area contributed by atoms with Crippen molar-refractivity contribution in [3.8, 4) is 0 Å². The molecule has 0 aromatic rings. The van der Waals surface area contributed by atoms with E-state index in [1.54, 1.807) is 13.8 Å². The zero-order valence-electron chi connectivity index (χ0n) is 37.1. The summed E-state index contributed by atoms with van der Waals surface area (Å²) in [7, 11) is 0. The van der Waals surface area contributed by atoms with Gasteiger partial charge < -0.3 is 47.7 Å². The summed E-state index contributed by atoms with van der Waals surface area (Å²) in [5.74, 6) is -4.84. The fourth-order valence-corrected chi connectivity index (χ4v) is 14.8. The van der Waals surface area contributed by atoms with E-state index < -0.39 is 101 Å². The largest absolute Gasteiger partial charge is 0.462 e. The van der Waals surface area contributed by atoms with Gasteiger partial charge in [-0.1, -0.05) is 46.3 Å². The van der Waals surface area contributed by atoms with E-state index in [1.807, 2.05) is 0 Å². The lowest BCUT2D eigenvalue weighted by atomic mass is 9.44. The molecule has 1 unspecified atom stereocenters. The van der Waals surface area contributed by atoms with E-state index in [0.29, 0.717) is 19.3 Å². The summed E-state index contributed by atoms with van der Waals surface area (Å²) >= 11 is 0. The van der Waals surface area contributed by atoms with Gasteiger partial charge in [0.1, 0.15) is 17.8 Å². The van der Waals surface area contributed by atoms with Gasteiger partial charge in [-0.05, 0) is 75.0 Å². The lowest BCUT2D eigenvalue weighted by Gasteiger charge is -2.62. The van der Waals surface area contributed by atoms with Crippen LogP contribution in [0.5, 0.6) is 0 Å². The van der Waals surface area contributed by atoms with Crippen LogP contribution in [0.25, 0.3) is 0 Å². The Morgan fingerprint density at radius 2 is 1.38 bits per heavy atom. The highest BCUT2D eigenvalue weighted by molar-refractivity contribution is 5.69. The van der Waals surface area contributed by atoms with Crippen molar-refractivity contribution in [1.29, 1.82) is 0 Å². The van der Waals surface area contributed by atoms with Crippen LogP contribution in [-0.2, 0) is 66.6 Å². The summed E-state index contributed by atoms with van der Waals surface area (Å²) in [6, 6.07) is 0. The molecule has 7 fully saturated rings. The van der Waals surface area contributed by atoms with Crippen LogP contribution in [0.4, 0.5) is 0 Å². The minimum absolute atomic E-state index is 0.116. The predicted octanol–water partition coefficient (Wildman–Crippen LogP) is 4.87. The van der Waals surface area contributed by atoms with E-state index in [-0.39, 0.29) is 47.3 Å². The first-order chi connectivity index (χ1) is 27.8. The van der Waals surface area contributed by atoms with E-state index in [0.717, 1.165) is 19.3 Å². The van der Waals surface area contributed by atoms with Gasteiger partial charge in [0.2, 0.25) is 5.79 Å². The van der Waals surface area contributed by atoms with Crippen molar-refractivity contribution in [2.24, 2.45) is 44.8 Å². The maximum atomic E-state index is 13.1. The summed E-state index contributed by atoms with van der Waals surface area (Å²) < 4.78 is 55.3. The summed E-state index contributed by atoms with van der Waals surface area (Å²) in [4.78, 5) is 62.0. The van der Waals surface area contributed by atoms with Gasteiger partial charge in [0.15, 0.2) is 30.7 Å². The molecule has 334 valence electrons. The number of carbonyl (C=O) groups excluding carboxylic acids is 5. The third-order valence-electron chi connectivity index (χ3n) is 16.9. The Morgan fingerprint density at radius 1 is 0.767 bits per heavy atom. The van der Waals surface area contributed by atoms with Crippen LogP contribution in [0.2, 0.25) is 0 Å². The maximum Gasteiger partial charge on any atom is 0.303 e. The Kier molecular flexibility index (Phi) is 10.1. The normalized spacial score (nSPS) is 48.9. The van der Waals surface area contributed by atoms with Crippen molar-refractivity contribution >= 4 is 29.8 Å². The first-order valence-electron chi connectivity index (χ1n) is 21.7. The molecule has 3 heterocycles. The molecule has 17 atom stereocenters. The van der Waals surface area contributed by atoms with Crippen molar-refractivity contribution in [2.45, 2.75) is 188 Å². The highest BCUT2D eigenvalue weighted by Crippen LogP contribution is 2.88. The molecule has 0 amide bonds. The molecule has 15 heteroatoms. The van der Waals surface area contributed by atoms with Gasteiger partial charge in [-0.25, -0.2) is 0 Å². The number of fused-ring (bicyclic) bond motifs is 5. The fourth-order valence-electron chi connectivity index (χ4n) is 14.8. The fraction of sp³-hybridized carbons (Fsp3) is 0.844. The minimum Gasteiger partial charge on any atom is -0.462 e. The molecule has 0 aromatic heterocycles. The molecule has 1 N–H and O–H groups in total. The van der Waals surface area contributed by atoms with E-state index in [1.165, 1.54) is 40.2 Å². The van der Waals surface area contributed by atoms with Crippen LogP contribution in [0.1, 0.15) is 122 Å². The summed E-state index contributed by atoms with van der Waals surface area (Å²) in [5.41, 5.74) is -1.51. The molecular weight excluding hydrogens is 780 g/mol. The first kappa shape index (κ1) is 43.5. The number of hydrogen-bond acceptors (Lipinski definition) is 15. The molecule has 2 spiro atoms. The number of allylic oxidation sites excluding steroid dienone is 2. The van der Waals surface area contributed by atoms with E-state index in [2.05, 4.69) is 40.7 Å². The third-order valence-corrected chi connectivity index (χ3v) is 16.9. The van der Waals surface area contributed by atoms with Gasteiger partial charge in [-0.3, -0.25) is 24.0 Å². The second-order valence-corrected chi connectivity index (χ2v) is 20.8. The highest BCUT2D eigenvalue weighted by atomic mass is 16.7. The molecule has 3 saturated heterocycles. The van der Waals surface area contributed by atoms with Crippen molar-refractivity contribution in [1.82, 2.24) is 0 Å². The van der Waals surface area contributed by atoms with Gasteiger partial charge in [-0.2, -0.15) is 0 Å². The Balaban J connectivity index is 1.11. The summed E-state index contributed by atoms with van der Waals surface area (Å²) in [6.07, 6.45) is -0.637. The zero-order valence-corrected chi connectivity index (χ0v) is 37.1. The Labute approximate surface area is 352 Å². The van der Waals surface area contributed by atoms with E-state index >= 15 is 0 Å². The third kappa shape index (κ3) is 6.01. The van der Waals surface area contributed by atoms with Crippen LogP contribution in [-0.4, -0.2) is 108 Å². The monoisotopic (exact) mass is 844 g/mol. The van der Waals surface area contributed by atoms with Gasteiger partial charge >= 0.3 is 29.8 Å². The molecule has 60 heavy (non-hydrogen) atoms. The Bertz CT molecular complexity index is 1870.